The van der Waals surface area contributed by atoms with Crippen LogP contribution in [0.4, 0.5) is 18.4 Å². The third kappa shape index (κ3) is 7.06. The van der Waals surface area contributed by atoms with Crippen LogP contribution in [0.25, 0.3) is 0 Å². The van der Waals surface area contributed by atoms with Gasteiger partial charge in [0, 0.05) is 62.2 Å². The summed E-state index contributed by atoms with van der Waals surface area (Å²) in [6.45, 7) is 3.87. The highest BCUT2D eigenvalue weighted by Gasteiger charge is 2.40. The lowest BCUT2D eigenvalue weighted by Gasteiger charge is -2.46. The predicted octanol–water partition coefficient (Wildman–Crippen LogP) is 4.95. The van der Waals surface area contributed by atoms with E-state index in [-0.39, 0.29) is 29.3 Å². The Morgan fingerprint density at radius 1 is 1.05 bits per heavy atom. The number of nitrogens with one attached hydrogen (secondary N) is 2. The molecular weight excluding hydrogens is 504 g/mol. The van der Waals surface area contributed by atoms with Gasteiger partial charge in [-0.3, -0.25) is 14.7 Å². The van der Waals surface area contributed by atoms with Crippen molar-refractivity contribution in [3.05, 3.63) is 77.8 Å². The van der Waals surface area contributed by atoms with Crippen LogP contribution in [0.1, 0.15) is 57.1 Å². The quantitative estimate of drug-likeness (QED) is 0.542. The molecule has 2 aliphatic heterocycles. The summed E-state index contributed by atoms with van der Waals surface area (Å²) in [5.74, 6) is -2.17. The number of Topliss-reactive ketones (excluding diaryl/α,β-unsaturated/α-hetero) is 1. The number of nitrogens with zero attached hydrogens (tertiary/aromatic N) is 3. The lowest BCUT2D eigenvalue weighted by molar-refractivity contribution is -0.115. The van der Waals surface area contributed by atoms with Crippen LogP contribution in [0.15, 0.2) is 60.6 Å². The zero-order chi connectivity index (χ0) is 27.8. The van der Waals surface area contributed by atoms with Gasteiger partial charge in [-0.05, 0) is 42.7 Å². The summed E-state index contributed by atoms with van der Waals surface area (Å²) in [5.41, 5.74) is 0.296. The van der Waals surface area contributed by atoms with E-state index >= 15 is 0 Å². The third-order valence-electron chi connectivity index (χ3n) is 7.43. The number of imide groups is 1. The summed E-state index contributed by atoms with van der Waals surface area (Å²) in [7, 11) is 0. The molecule has 1 unspecified atom stereocenters. The van der Waals surface area contributed by atoms with E-state index in [1.54, 1.807) is 19.3 Å². The Labute approximate surface area is 227 Å². The minimum absolute atomic E-state index is 0.135. The first kappa shape index (κ1) is 28.4. The number of hydrogen-bond acceptors (Lipinski definition) is 5. The summed E-state index contributed by atoms with van der Waals surface area (Å²) in [6, 6.07) is 6.93. The number of pyridine rings is 1. The number of aromatic nitrogens is 1. The summed E-state index contributed by atoms with van der Waals surface area (Å²) < 4.78 is 27.5. The lowest BCUT2D eigenvalue weighted by atomic mass is 9.89. The molecule has 5 rings (SSSR count). The molecule has 1 saturated carbocycles. The number of benzene rings is 1. The number of hydrogen-bond donors (Lipinski definition) is 2. The molecule has 3 aliphatic rings. The maximum atomic E-state index is 14.0. The van der Waals surface area contributed by atoms with E-state index in [1.807, 2.05) is 18.2 Å². The fraction of sp³-hybridized carbons (Fsp3) is 0.448. The highest BCUT2D eigenvalue weighted by molar-refractivity contribution is 6.03. The van der Waals surface area contributed by atoms with E-state index in [0.717, 1.165) is 30.1 Å². The van der Waals surface area contributed by atoms with Gasteiger partial charge in [-0.1, -0.05) is 38.3 Å². The topological polar surface area (TPSA) is 94.6 Å². The first-order chi connectivity index (χ1) is 18.9. The van der Waals surface area contributed by atoms with Crippen LogP contribution in [0.2, 0.25) is 0 Å². The second kappa shape index (κ2) is 13.4. The Morgan fingerprint density at radius 3 is 2.36 bits per heavy atom. The molecule has 208 valence electrons. The monoisotopic (exact) mass is 539 g/mol. The number of carbonyl (C=O) groups is 3. The fourth-order valence-electron chi connectivity index (χ4n) is 5.31. The summed E-state index contributed by atoms with van der Waals surface area (Å²) in [6.07, 6.45) is 11.2. The first-order valence-electron chi connectivity index (χ1n) is 13.5. The molecule has 1 aromatic heterocycles. The third-order valence-corrected chi connectivity index (χ3v) is 7.43. The molecule has 0 bridgehead atoms. The van der Waals surface area contributed by atoms with E-state index in [0.29, 0.717) is 12.6 Å². The van der Waals surface area contributed by atoms with Gasteiger partial charge in [-0.15, -0.1) is 0 Å². The van der Waals surface area contributed by atoms with Gasteiger partial charge in [0.05, 0.1) is 6.04 Å². The van der Waals surface area contributed by atoms with E-state index < -0.39 is 29.7 Å². The molecule has 10 heteroatoms. The Hall–Kier alpha value is -3.66. The van der Waals surface area contributed by atoms with Crippen LogP contribution in [-0.4, -0.2) is 58.3 Å². The largest absolute Gasteiger partial charge is 0.337 e. The minimum Gasteiger partial charge on any atom is -0.337 e. The molecule has 1 atom stereocenters. The molecule has 2 aromatic rings. The number of likely N-dealkylation sites (tertiary alicyclic amines) is 1. The predicted molar refractivity (Wildman–Crippen MR) is 142 cm³/mol. The average molecular weight is 540 g/mol. The van der Waals surface area contributed by atoms with E-state index in [2.05, 4.69) is 20.5 Å². The minimum atomic E-state index is -1.14. The van der Waals surface area contributed by atoms with Crippen molar-refractivity contribution in [1.82, 2.24) is 25.4 Å². The van der Waals surface area contributed by atoms with E-state index in [9.17, 15) is 23.2 Å². The number of carbonyl (C=O) groups excluding carboxylic acids is 3. The van der Waals surface area contributed by atoms with Gasteiger partial charge < -0.3 is 10.6 Å². The van der Waals surface area contributed by atoms with Gasteiger partial charge in [-0.2, -0.15) is 0 Å². The van der Waals surface area contributed by atoms with Crippen molar-refractivity contribution >= 4 is 17.8 Å². The van der Waals surface area contributed by atoms with Crippen LogP contribution < -0.4 is 10.6 Å². The molecular formula is C29H35F2N5O3. The van der Waals surface area contributed by atoms with Crippen LogP contribution in [0, 0.1) is 17.6 Å². The Morgan fingerprint density at radius 2 is 1.77 bits per heavy atom. The number of rotatable bonds is 6. The number of urea groups is 2. The zero-order valence-electron chi connectivity index (χ0n) is 22.1. The highest BCUT2D eigenvalue weighted by atomic mass is 19.2. The molecule has 1 aliphatic carbocycles. The van der Waals surface area contributed by atoms with Gasteiger partial charge in [0.25, 0.3) is 0 Å². The molecule has 8 nitrogen and oxygen atoms in total. The van der Waals surface area contributed by atoms with Gasteiger partial charge in [0.15, 0.2) is 17.4 Å². The van der Waals surface area contributed by atoms with Gasteiger partial charge in [0.1, 0.15) is 0 Å². The maximum absolute atomic E-state index is 14.0. The van der Waals surface area contributed by atoms with E-state index in [1.165, 1.54) is 44.4 Å². The van der Waals surface area contributed by atoms with Gasteiger partial charge >= 0.3 is 12.1 Å². The summed E-state index contributed by atoms with van der Waals surface area (Å²) in [5, 5.41) is 5.24. The van der Waals surface area contributed by atoms with Crippen molar-refractivity contribution in [3.8, 4) is 0 Å². The number of amides is 4. The van der Waals surface area contributed by atoms with Crippen molar-refractivity contribution in [2.75, 3.05) is 19.6 Å². The molecule has 0 spiro atoms. The second-order valence-corrected chi connectivity index (χ2v) is 10.1. The van der Waals surface area contributed by atoms with Crippen LogP contribution in [0.5, 0.6) is 0 Å². The second-order valence-electron chi connectivity index (χ2n) is 10.1. The van der Waals surface area contributed by atoms with Crippen molar-refractivity contribution < 1.29 is 23.2 Å². The van der Waals surface area contributed by atoms with Crippen molar-refractivity contribution in [2.24, 2.45) is 5.92 Å². The van der Waals surface area contributed by atoms with E-state index in [4.69, 9.17) is 0 Å². The zero-order valence-corrected chi connectivity index (χ0v) is 22.1. The summed E-state index contributed by atoms with van der Waals surface area (Å²) in [4.78, 5) is 45.4. The van der Waals surface area contributed by atoms with Gasteiger partial charge in [-0.25, -0.2) is 23.3 Å². The maximum Gasteiger partial charge on any atom is 0.330 e. The normalized spacial score (nSPS) is 20.2. The van der Waals surface area contributed by atoms with Gasteiger partial charge in [0.2, 0.25) is 0 Å². The molecule has 3 heterocycles. The first-order valence-corrected chi connectivity index (χ1v) is 13.5. The molecule has 0 radical (unpaired) electrons. The Bertz CT molecular complexity index is 1150. The number of ketones is 1. The molecule has 39 heavy (non-hydrogen) atoms. The van der Waals surface area contributed by atoms with Crippen LogP contribution in [0.3, 0.4) is 0 Å². The molecule has 2 N–H and O–H groups in total. The molecule has 1 saturated heterocycles. The number of halogens is 2. The van der Waals surface area contributed by atoms with Crippen LogP contribution >= 0.6 is 0 Å². The standard InChI is InChI=1S/C24H30F2N4O3.C5H5N/c1-2-21(31)18-12-28-24(33)30(22(18)16-8-9-19(25)20(26)10-16)23(32)27-11-15-13-29(14-15)17-6-4-3-5-7-17;1-2-4-6-5-3-1/h8-10,12,15,17,22H,2-7,11,13-14H2,1H3,(H,27,32)(H,28,33);1-5H. The van der Waals surface area contributed by atoms with Crippen LogP contribution in [-0.2, 0) is 4.79 Å². The lowest BCUT2D eigenvalue weighted by Crippen LogP contribution is -2.58. The molecule has 2 fully saturated rings. The SMILES string of the molecule is CCC(=O)C1=CNC(=O)N(C(=O)NCC2CN(C3CCCCC3)C2)C1c1ccc(F)c(F)c1.c1ccncc1. The van der Waals surface area contributed by atoms with Crippen molar-refractivity contribution in [3.63, 3.8) is 0 Å². The Kier molecular flexibility index (Phi) is 9.75. The molecule has 4 amide bonds. The smallest absolute Gasteiger partial charge is 0.330 e. The van der Waals surface area contributed by atoms with Crippen molar-refractivity contribution in [2.45, 2.75) is 57.5 Å². The molecule has 1 aromatic carbocycles. The highest BCUT2D eigenvalue weighted by Crippen LogP contribution is 2.33. The fourth-order valence-corrected chi connectivity index (χ4v) is 5.31. The van der Waals surface area contributed by atoms with Crippen molar-refractivity contribution in [1.29, 1.82) is 0 Å². The average Bonchev–Trinajstić information content (AvgIpc) is 2.94. The Balaban J connectivity index is 0.000000519. The summed E-state index contributed by atoms with van der Waals surface area (Å²) >= 11 is 0.